The van der Waals surface area contributed by atoms with Crippen LogP contribution in [0.5, 0.6) is 0 Å². The van der Waals surface area contributed by atoms with E-state index >= 15 is 0 Å². The summed E-state index contributed by atoms with van der Waals surface area (Å²) in [5, 5.41) is 0. The van der Waals surface area contributed by atoms with Gasteiger partial charge in [0.15, 0.2) is 0 Å². The van der Waals surface area contributed by atoms with E-state index in [1.54, 1.807) is 0 Å². The highest BCUT2D eigenvalue weighted by Crippen LogP contribution is 2.62. The van der Waals surface area contributed by atoms with Crippen molar-refractivity contribution < 1.29 is 14.3 Å². The normalized spacial score (nSPS) is 45.5. The van der Waals surface area contributed by atoms with Gasteiger partial charge in [-0.15, -0.1) is 0 Å². The Morgan fingerprint density at radius 1 is 1.04 bits per heavy atom. The zero-order valence-corrected chi connectivity index (χ0v) is 15.6. The molecule has 4 rings (SSSR count). The second-order valence-corrected chi connectivity index (χ2v) is 8.85. The average molecular weight is 335 g/mol. The minimum absolute atomic E-state index is 0.125. The molecule has 0 radical (unpaired) electrons. The Balaban J connectivity index is 1.48. The van der Waals surface area contributed by atoms with Crippen LogP contribution in [0, 0.1) is 29.6 Å². The second kappa shape index (κ2) is 6.30. The molecule has 7 atom stereocenters. The lowest BCUT2D eigenvalue weighted by molar-refractivity contribution is -0.168. The van der Waals surface area contributed by atoms with Crippen LogP contribution in [0.15, 0.2) is 0 Å². The molecule has 0 N–H and O–H groups in total. The summed E-state index contributed by atoms with van der Waals surface area (Å²) in [6.45, 7) is 6.67. The third-order valence-electron chi connectivity index (χ3n) is 7.92. The number of ether oxygens (including phenoxy) is 2. The Bertz CT molecular complexity index is 481. The van der Waals surface area contributed by atoms with Crippen LogP contribution in [0.25, 0.3) is 0 Å². The van der Waals surface area contributed by atoms with Gasteiger partial charge in [-0.3, -0.25) is 4.79 Å². The van der Waals surface area contributed by atoms with E-state index in [2.05, 4.69) is 20.8 Å². The van der Waals surface area contributed by atoms with Crippen LogP contribution in [0.4, 0.5) is 0 Å². The second-order valence-electron chi connectivity index (χ2n) is 8.85. The van der Waals surface area contributed by atoms with Gasteiger partial charge in [-0.25, -0.2) is 0 Å². The molecule has 1 heterocycles. The van der Waals surface area contributed by atoms with Gasteiger partial charge in [0.1, 0.15) is 5.60 Å². The molecule has 136 valence electrons. The maximum absolute atomic E-state index is 13.0. The molecule has 3 nitrogen and oxygen atoms in total. The molecule has 1 saturated heterocycles. The zero-order chi connectivity index (χ0) is 16.9. The van der Waals surface area contributed by atoms with E-state index in [0.717, 1.165) is 38.5 Å². The molecule has 1 aliphatic heterocycles. The fourth-order valence-corrected chi connectivity index (χ4v) is 6.78. The van der Waals surface area contributed by atoms with Crippen molar-refractivity contribution in [2.45, 2.75) is 96.4 Å². The highest BCUT2D eigenvalue weighted by atomic mass is 16.6. The van der Waals surface area contributed by atoms with Crippen molar-refractivity contribution in [3.8, 4) is 0 Å². The van der Waals surface area contributed by atoms with E-state index in [9.17, 15) is 4.79 Å². The highest BCUT2D eigenvalue weighted by Gasteiger charge is 2.62. The standard InChI is InChI=1S/C21H34O3/c1-4-16-18-13-11-14(19(18)17(5-2)23-16)15(12-13)20(22)24-21(6-3)9-7-8-10-21/h13-19H,4-12H2,1-3H3. The Hall–Kier alpha value is -0.570. The molecule has 3 heteroatoms. The number of carbonyl (C=O) groups is 1. The largest absolute Gasteiger partial charge is 0.459 e. The van der Waals surface area contributed by atoms with Crippen molar-refractivity contribution >= 4 is 5.97 Å². The number of carbonyl (C=O) groups excluding carboxylic acids is 1. The average Bonchev–Trinajstić information content (AvgIpc) is 3.34. The van der Waals surface area contributed by atoms with Crippen LogP contribution in [0.3, 0.4) is 0 Å². The van der Waals surface area contributed by atoms with E-state index in [4.69, 9.17) is 9.47 Å². The Morgan fingerprint density at radius 3 is 2.33 bits per heavy atom. The molecule has 2 bridgehead atoms. The van der Waals surface area contributed by atoms with Crippen LogP contribution < -0.4 is 0 Å². The Morgan fingerprint density at radius 2 is 1.71 bits per heavy atom. The summed E-state index contributed by atoms with van der Waals surface area (Å²) in [6.07, 6.45) is 10.9. The molecule has 3 aliphatic carbocycles. The molecule has 7 unspecified atom stereocenters. The predicted molar refractivity (Wildman–Crippen MR) is 93.5 cm³/mol. The smallest absolute Gasteiger partial charge is 0.309 e. The minimum atomic E-state index is -0.138. The number of hydrogen-bond donors (Lipinski definition) is 0. The van der Waals surface area contributed by atoms with Gasteiger partial charge >= 0.3 is 5.97 Å². The third kappa shape index (κ3) is 2.45. The van der Waals surface area contributed by atoms with Gasteiger partial charge in [-0.2, -0.15) is 0 Å². The summed E-state index contributed by atoms with van der Waals surface area (Å²) in [5.41, 5.74) is -0.138. The van der Waals surface area contributed by atoms with Crippen molar-refractivity contribution in [2.24, 2.45) is 29.6 Å². The zero-order valence-electron chi connectivity index (χ0n) is 15.6. The molecule has 0 aromatic heterocycles. The SMILES string of the molecule is CCC1OC(CC)C2C3CC(CC3C(=O)OC3(CC)CCCC3)C12. The molecule has 0 amide bonds. The van der Waals surface area contributed by atoms with Crippen molar-refractivity contribution in [2.75, 3.05) is 0 Å². The van der Waals surface area contributed by atoms with E-state index in [1.165, 1.54) is 19.3 Å². The highest BCUT2D eigenvalue weighted by molar-refractivity contribution is 5.74. The van der Waals surface area contributed by atoms with Crippen LogP contribution in [-0.2, 0) is 14.3 Å². The maximum Gasteiger partial charge on any atom is 0.309 e. The first-order valence-corrected chi connectivity index (χ1v) is 10.5. The first kappa shape index (κ1) is 16.9. The minimum Gasteiger partial charge on any atom is -0.459 e. The summed E-state index contributed by atoms with van der Waals surface area (Å²) in [6, 6.07) is 0. The van der Waals surface area contributed by atoms with E-state index in [-0.39, 0.29) is 17.5 Å². The topological polar surface area (TPSA) is 35.5 Å². The van der Waals surface area contributed by atoms with Crippen molar-refractivity contribution in [1.29, 1.82) is 0 Å². The Labute approximate surface area is 146 Å². The van der Waals surface area contributed by atoms with Crippen molar-refractivity contribution in [3.05, 3.63) is 0 Å². The summed E-state index contributed by atoms with van der Waals surface area (Å²) in [5.74, 6) is 2.80. The maximum atomic E-state index is 13.0. The van der Waals surface area contributed by atoms with Crippen LogP contribution >= 0.6 is 0 Å². The Kier molecular flexibility index (Phi) is 4.43. The van der Waals surface area contributed by atoms with E-state index in [0.29, 0.717) is 35.9 Å². The summed E-state index contributed by atoms with van der Waals surface area (Å²) >= 11 is 0. The van der Waals surface area contributed by atoms with Gasteiger partial charge in [0.05, 0.1) is 18.1 Å². The molecule has 0 spiro atoms. The number of rotatable bonds is 5. The number of hydrogen-bond acceptors (Lipinski definition) is 3. The molecule has 4 aliphatic rings. The molecule has 0 aromatic rings. The van der Waals surface area contributed by atoms with E-state index in [1.807, 2.05) is 0 Å². The molecule has 4 fully saturated rings. The molecule has 3 saturated carbocycles. The lowest BCUT2D eigenvalue weighted by Crippen LogP contribution is -2.40. The lowest BCUT2D eigenvalue weighted by atomic mass is 9.70. The van der Waals surface area contributed by atoms with Gasteiger partial charge in [0, 0.05) is 0 Å². The first-order valence-electron chi connectivity index (χ1n) is 10.5. The molecule has 0 aromatic carbocycles. The van der Waals surface area contributed by atoms with Crippen LogP contribution in [-0.4, -0.2) is 23.8 Å². The third-order valence-corrected chi connectivity index (χ3v) is 7.92. The van der Waals surface area contributed by atoms with Gasteiger partial charge in [0.2, 0.25) is 0 Å². The summed E-state index contributed by atoms with van der Waals surface area (Å²) in [7, 11) is 0. The van der Waals surface area contributed by atoms with Gasteiger partial charge in [0.25, 0.3) is 0 Å². The fraction of sp³-hybridized carbons (Fsp3) is 0.952. The summed E-state index contributed by atoms with van der Waals surface area (Å²) in [4.78, 5) is 13.0. The van der Waals surface area contributed by atoms with Crippen molar-refractivity contribution in [1.82, 2.24) is 0 Å². The molecule has 24 heavy (non-hydrogen) atoms. The predicted octanol–water partition coefficient (Wildman–Crippen LogP) is 4.73. The molecular weight excluding hydrogens is 300 g/mol. The quantitative estimate of drug-likeness (QED) is 0.682. The fourth-order valence-electron chi connectivity index (χ4n) is 6.78. The number of fused-ring (bicyclic) bond motifs is 5. The van der Waals surface area contributed by atoms with Crippen LogP contribution in [0.2, 0.25) is 0 Å². The van der Waals surface area contributed by atoms with Gasteiger partial charge < -0.3 is 9.47 Å². The number of esters is 1. The summed E-state index contributed by atoms with van der Waals surface area (Å²) < 4.78 is 12.5. The lowest BCUT2D eigenvalue weighted by Gasteiger charge is -2.35. The first-order chi connectivity index (χ1) is 11.6. The van der Waals surface area contributed by atoms with E-state index < -0.39 is 0 Å². The molecular formula is C21H34O3. The van der Waals surface area contributed by atoms with Gasteiger partial charge in [-0.1, -0.05) is 20.8 Å². The monoisotopic (exact) mass is 334 g/mol. The van der Waals surface area contributed by atoms with Crippen molar-refractivity contribution in [3.63, 3.8) is 0 Å². The van der Waals surface area contributed by atoms with Crippen LogP contribution in [0.1, 0.15) is 78.6 Å². The van der Waals surface area contributed by atoms with Gasteiger partial charge in [-0.05, 0) is 81.5 Å².